The molecule has 1 amide bonds. The summed E-state index contributed by atoms with van der Waals surface area (Å²) in [6.07, 6.45) is 0.860. The number of hydrogen-bond acceptors (Lipinski definition) is 5. The van der Waals surface area contributed by atoms with Crippen LogP contribution in [0.15, 0.2) is 52.7 Å². The molecule has 7 heteroatoms. The van der Waals surface area contributed by atoms with Gasteiger partial charge < -0.3 is 19.1 Å². The van der Waals surface area contributed by atoms with Crippen LogP contribution in [0.25, 0.3) is 10.9 Å². The van der Waals surface area contributed by atoms with Gasteiger partial charge in [0.15, 0.2) is 17.2 Å². The second kappa shape index (κ2) is 6.51. The van der Waals surface area contributed by atoms with Crippen LogP contribution in [0.5, 0.6) is 17.4 Å². The Hall–Kier alpha value is -3.35. The number of azo groups is 1. The van der Waals surface area contributed by atoms with E-state index in [1.165, 1.54) is 0 Å². The van der Waals surface area contributed by atoms with Crippen molar-refractivity contribution in [2.45, 2.75) is 19.9 Å². The summed E-state index contributed by atoms with van der Waals surface area (Å²) < 4.78 is 12.3. The lowest BCUT2D eigenvalue weighted by molar-refractivity contribution is 0.0994. The van der Waals surface area contributed by atoms with Crippen molar-refractivity contribution in [3.8, 4) is 17.4 Å². The maximum Gasteiger partial charge on any atom is 0.295 e. The van der Waals surface area contributed by atoms with Gasteiger partial charge in [-0.3, -0.25) is 4.79 Å². The Bertz CT molecular complexity index is 1020. The highest BCUT2D eigenvalue weighted by atomic mass is 16.7. The van der Waals surface area contributed by atoms with E-state index in [1.807, 2.05) is 31.2 Å². The molecule has 0 spiro atoms. The van der Waals surface area contributed by atoms with E-state index >= 15 is 0 Å². The number of amides is 1. The summed E-state index contributed by atoms with van der Waals surface area (Å²) in [5.74, 6) is 0.595. The van der Waals surface area contributed by atoms with Crippen molar-refractivity contribution < 1.29 is 19.4 Å². The van der Waals surface area contributed by atoms with Gasteiger partial charge in [0.2, 0.25) is 12.7 Å². The first-order valence-electron chi connectivity index (χ1n) is 8.35. The molecule has 0 unspecified atom stereocenters. The summed E-state index contributed by atoms with van der Waals surface area (Å²) >= 11 is 0. The van der Waals surface area contributed by atoms with Gasteiger partial charge in [-0.05, 0) is 30.7 Å². The third kappa shape index (κ3) is 2.67. The minimum absolute atomic E-state index is 0.00952. The van der Waals surface area contributed by atoms with E-state index in [4.69, 9.17) is 9.47 Å². The average Bonchev–Trinajstić information content (AvgIpc) is 3.23. The third-order valence-corrected chi connectivity index (χ3v) is 4.22. The zero-order valence-electron chi connectivity index (χ0n) is 14.2. The molecular formula is C19H17N3O4. The number of carbonyl (C=O) groups is 1. The first-order valence-corrected chi connectivity index (χ1v) is 8.35. The number of benzene rings is 2. The molecule has 2 aromatic carbocycles. The molecule has 1 aliphatic heterocycles. The first-order chi connectivity index (χ1) is 12.7. The van der Waals surface area contributed by atoms with Crippen LogP contribution < -0.4 is 9.47 Å². The lowest BCUT2D eigenvalue weighted by atomic mass is 10.2. The Morgan fingerprint density at radius 1 is 1.19 bits per heavy atom. The summed E-state index contributed by atoms with van der Waals surface area (Å²) in [7, 11) is 0. The van der Waals surface area contributed by atoms with Crippen LogP contribution in [0.2, 0.25) is 0 Å². The number of fused-ring (bicyclic) bond motifs is 2. The molecule has 0 bridgehead atoms. The molecule has 0 radical (unpaired) electrons. The van der Waals surface area contributed by atoms with Crippen molar-refractivity contribution in [3.63, 3.8) is 0 Å². The van der Waals surface area contributed by atoms with Crippen LogP contribution in [0.1, 0.15) is 23.7 Å². The zero-order chi connectivity index (χ0) is 18.1. The summed E-state index contributed by atoms with van der Waals surface area (Å²) in [4.78, 5) is 12.4. The quantitative estimate of drug-likeness (QED) is 0.706. The predicted molar refractivity (Wildman–Crippen MR) is 95.3 cm³/mol. The number of hydrogen-bond donors (Lipinski definition) is 1. The van der Waals surface area contributed by atoms with E-state index in [1.54, 1.807) is 22.8 Å². The molecule has 4 rings (SSSR count). The maximum atomic E-state index is 12.4. The normalized spacial score (nSPS) is 13.0. The van der Waals surface area contributed by atoms with Crippen LogP contribution in [0.3, 0.4) is 0 Å². The fraction of sp³-hybridized carbons (Fsp3) is 0.211. The number of rotatable bonds is 4. The zero-order valence-corrected chi connectivity index (χ0v) is 14.2. The minimum atomic E-state index is -0.518. The van der Waals surface area contributed by atoms with Crippen LogP contribution in [0, 0.1) is 0 Å². The molecule has 1 aliphatic rings. The maximum absolute atomic E-state index is 12.4. The summed E-state index contributed by atoms with van der Waals surface area (Å²) in [5, 5.41) is 19.1. The van der Waals surface area contributed by atoms with Crippen LogP contribution >= 0.6 is 0 Å². The topological polar surface area (TPSA) is 85.4 Å². The predicted octanol–water partition coefficient (Wildman–Crippen LogP) is 4.41. The molecule has 2 heterocycles. The van der Waals surface area contributed by atoms with Gasteiger partial charge in [-0.2, -0.15) is 0 Å². The molecule has 0 saturated carbocycles. The molecule has 132 valence electrons. The van der Waals surface area contributed by atoms with E-state index in [0.717, 1.165) is 17.3 Å². The molecule has 7 nitrogen and oxygen atoms in total. The van der Waals surface area contributed by atoms with Crippen molar-refractivity contribution in [3.05, 3.63) is 48.0 Å². The number of carbonyl (C=O) groups excluding carboxylic acids is 1. The number of ether oxygens (including phenoxy) is 2. The third-order valence-electron chi connectivity index (χ3n) is 4.22. The first kappa shape index (κ1) is 16.1. The fourth-order valence-electron chi connectivity index (χ4n) is 3.00. The molecule has 0 saturated heterocycles. The van der Waals surface area contributed by atoms with E-state index < -0.39 is 5.91 Å². The Balaban J connectivity index is 1.68. The molecule has 1 N–H and O–H groups in total. The van der Waals surface area contributed by atoms with Crippen molar-refractivity contribution >= 4 is 22.5 Å². The largest absolute Gasteiger partial charge is 0.493 e. The van der Waals surface area contributed by atoms with Gasteiger partial charge in [-0.25, -0.2) is 0 Å². The van der Waals surface area contributed by atoms with Crippen LogP contribution in [-0.4, -0.2) is 22.4 Å². The molecule has 0 fully saturated rings. The number of aryl methyl sites for hydroxylation is 1. The SMILES string of the molecule is CCCn1c(O)c(N=NC(=O)c2ccc3c(c2)OCO3)c2ccccc21. The van der Waals surface area contributed by atoms with Gasteiger partial charge in [0.05, 0.1) is 5.52 Å². The molecule has 0 atom stereocenters. The summed E-state index contributed by atoms with van der Waals surface area (Å²) in [6, 6.07) is 12.3. The average molecular weight is 351 g/mol. The highest BCUT2D eigenvalue weighted by Crippen LogP contribution is 2.39. The Morgan fingerprint density at radius 3 is 2.85 bits per heavy atom. The van der Waals surface area contributed by atoms with Crippen molar-refractivity contribution in [2.75, 3.05) is 6.79 Å². The Kier molecular flexibility index (Phi) is 4.04. The van der Waals surface area contributed by atoms with Gasteiger partial charge in [0, 0.05) is 17.5 Å². The highest BCUT2D eigenvalue weighted by Gasteiger charge is 2.18. The van der Waals surface area contributed by atoms with E-state index in [-0.39, 0.29) is 12.7 Å². The van der Waals surface area contributed by atoms with E-state index in [0.29, 0.717) is 29.3 Å². The Labute approximate surface area is 149 Å². The van der Waals surface area contributed by atoms with Crippen molar-refractivity contribution in [2.24, 2.45) is 10.2 Å². The van der Waals surface area contributed by atoms with Gasteiger partial charge in [0.25, 0.3) is 5.91 Å². The van der Waals surface area contributed by atoms with E-state index in [9.17, 15) is 9.90 Å². The molecule has 1 aromatic heterocycles. The smallest absolute Gasteiger partial charge is 0.295 e. The number of nitrogens with zero attached hydrogens (tertiary/aromatic N) is 3. The van der Waals surface area contributed by atoms with Gasteiger partial charge in [0.1, 0.15) is 0 Å². The van der Waals surface area contributed by atoms with Gasteiger partial charge in [-0.1, -0.05) is 25.1 Å². The summed E-state index contributed by atoms with van der Waals surface area (Å²) in [5.41, 5.74) is 1.49. The van der Waals surface area contributed by atoms with Crippen molar-refractivity contribution in [1.29, 1.82) is 0 Å². The lowest BCUT2D eigenvalue weighted by Crippen LogP contribution is -1.95. The molecule has 3 aromatic rings. The Morgan fingerprint density at radius 2 is 2.00 bits per heavy atom. The lowest BCUT2D eigenvalue weighted by Gasteiger charge is -2.03. The standard InChI is InChI=1S/C19H17N3O4/c1-2-9-22-14-6-4-3-5-13(14)17(19(22)24)20-21-18(23)12-7-8-15-16(10-12)26-11-25-15/h3-8,10,24H,2,9,11H2,1H3. The fourth-order valence-corrected chi connectivity index (χ4v) is 3.00. The second-order valence-electron chi connectivity index (χ2n) is 5.91. The highest BCUT2D eigenvalue weighted by molar-refractivity contribution is 5.97. The molecule has 0 aliphatic carbocycles. The molecular weight excluding hydrogens is 334 g/mol. The van der Waals surface area contributed by atoms with Gasteiger partial charge in [-0.15, -0.1) is 10.2 Å². The van der Waals surface area contributed by atoms with Crippen LogP contribution in [-0.2, 0) is 6.54 Å². The summed E-state index contributed by atoms with van der Waals surface area (Å²) in [6.45, 7) is 2.82. The second-order valence-corrected chi connectivity index (χ2v) is 5.91. The minimum Gasteiger partial charge on any atom is -0.493 e. The molecule has 26 heavy (non-hydrogen) atoms. The number of aromatic hydroxyl groups is 1. The van der Waals surface area contributed by atoms with Crippen molar-refractivity contribution in [1.82, 2.24) is 4.57 Å². The monoisotopic (exact) mass is 351 g/mol. The van der Waals surface area contributed by atoms with Crippen LogP contribution in [0.4, 0.5) is 5.69 Å². The number of aromatic nitrogens is 1. The van der Waals surface area contributed by atoms with E-state index in [2.05, 4.69) is 10.2 Å². The number of para-hydroxylation sites is 1. The van der Waals surface area contributed by atoms with Gasteiger partial charge >= 0.3 is 0 Å².